The van der Waals surface area contributed by atoms with Gasteiger partial charge < -0.3 is 21.7 Å². The lowest BCUT2D eigenvalue weighted by atomic mass is 9.82. The van der Waals surface area contributed by atoms with Crippen molar-refractivity contribution in [2.24, 2.45) is 17.4 Å². The van der Waals surface area contributed by atoms with Crippen LogP contribution in [0.25, 0.3) is 0 Å². The van der Waals surface area contributed by atoms with E-state index in [1.54, 1.807) is 11.8 Å². The lowest BCUT2D eigenvalue weighted by Crippen LogP contribution is -2.51. The van der Waals surface area contributed by atoms with Crippen molar-refractivity contribution in [3.05, 3.63) is 0 Å². The van der Waals surface area contributed by atoms with E-state index in [4.69, 9.17) is 11.5 Å². The molecule has 5 N–H and O–H groups in total. The van der Waals surface area contributed by atoms with Crippen molar-refractivity contribution < 1.29 is 14.4 Å². The van der Waals surface area contributed by atoms with E-state index in [9.17, 15) is 14.4 Å². The van der Waals surface area contributed by atoms with Gasteiger partial charge in [-0.1, -0.05) is 0 Å². The molecular formula is C13H23ClN4O3. The molecular weight excluding hydrogens is 296 g/mol. The van der Waals surface area contributed by atoms with E-state index >= 15 is 0 Å². The molecule has 8 heteroatoms. The van der Waals surface area contributed by atoms with Crippen molar-refractivity contribution in [1.29, 1.82) is 0 Å². The Labute approximate surface area is 130 Å². The van der Waals surface area contributed by atoms with Crippen molar-refractivity contribution in [1.82, 2.24) is 10.2 Å². The maximum atomic E-state index is 12.0. The number of hydrogen-bond donors (Lipinski definition) is 3. The number of rotatable bonds is 3. The van der Waals surface area contributed by atoms with Gasteiger partial charge in [0.15, 0.2) is 0 Å². The molecule has 0 bridgehead atoms. The van der Waals surface area contributed by atoms with Gasteiger partial charge >= 0.3 is 0 Å². The third-order valence-electron chi connectivity index (χ3n) is 4.47. The second kappa shape index (κ2) is 6.62. The molecule has 0 aromatic rings. The molecule has 0 aromatic carbocycles. The van der Waals surface area contributed by atoms with E-state index in [1.165, 1.54) is 0 Å². The second-order valence-corrected chi connectivity index (χ2v) is 5.92. The molecule has 0 saturated carbocycles. The minimum absolute atomic E-state index is 0. The lowest BCUT2D eigenvalue weighted by molar-refractivity contribution is -0.130. The molecule has 2 rings (SSSR count). The summed E-state index contributed by atoms with van der Waals surface area (Å²) in [5.74, 6) is -0.832. The van der Waals surface area contributed by atoms with Crippen LogP contribution in [-0.4, -0.2) is 47.3 Å². The fourth-order valence-electron chi connectivity index (χ4n) is 3.17. The number of nitrogens with zero attached hydrogens (tertiary/aromatic N) is 1. The number of amides is 3. The average molecular weight is 319 g/mol. The van der Waals surface area contributed by atoms with Crippen LogP contribution in [0.5, 0.6) is 0 Å². The zero-order valence-corrected chi connectivity index (χ0v) is 12.9. The highest BCUT2D eigenvalue weighted by Gasteiger charge is 2.46. The Morgan fingerprint density at radius 3 is 2.48 bits per heavy atom. The van der Waals surface area contributed by atoms with Gasteiger partial charge in [-0.25, -0.2) is 0 Å². The summed E-state index contributed by atoms with van der Waals surface area (Å²) in [7, 11) is 0. The molecule has 1 spiro atoms. The Kier molecular flexibility index (Phi) is 5.58. The fourth-order valence-corrected chi connectivity index (χ4v) is 3.17. The third-order valence-corrected chi connectivity index (χ3v) is 4.47. The van der Waals surface area contributed by atoms with Gasteiger partial charge in [-0.2, -0.15) is 0 Å². The minimum atomic E-state index is -0.779. The Bertz CT molecular complexity index is 435. The quantitative estimate of drug-likeness (QED) is 0.626. The molecule has 120 valence electrons. The number of nitrogens with two attached hydrogens (primary N) is 2. The highest BCUT2D eigenvalue weighted by atomic mass is 35.5. The van der Waals surface area contributed by atoms with Gasteiger partial charge in [0.2, 0.25) is 17.7 Å². The Morgan fingerprint density at radius 1 is 1.43 bits per heavy atom. The van der Waals surface area contributed by atoms with Gasteiger partial charge in [0.05, 0.1) is 6.04 Å². The first-order valence-corrected chi connectivity index (χ1v) is 6.95. The second-order valence-electron chi connectivity index (χ2n) is 5.92. The van der Waals surface area contributed by atoms with E-state index in [1.807, 2.05) is 0 Å². The van der Waals surface area contributed by atoms with Gasteiger partial charge in [0, 0.05) is 31.5 Å². The zero-order valence-electron chi connectivity index (χ0n) is 12.1. The summed E-state index contributed by atoms with van der Waals surface area (Å²) in [5.41, 5.74) is 10.5. The molecule has 3 amide bonds. The molecule has 2 aliphatic heterocycles. The Morgan fingerprint density at radius 2 is 2.00 bits per heavy atom. The van der Waals surface area contributed by atoms with E-state index in [2.05, 4.69) is 5.32 Å². The molecule has 21 heavy (non-hydrogen) atoms. The van der Waals surface area contributed by atoms with Crippen molar-refractivity contribution in [3.8, 4) is 0 Å². The molecule has 0 aromatic heterocycles. The minimum Gasteiger partial charge on any atom is -0.368 e. The van der Waals surface area contributed by atoms with Crippen LogP contribution >= 0.6 is 12.4 Å². The molecule has 0 radical (unpaired) electrons. The molecule has 2 atom stereocenters. The van der Waals surface area contributed by atoms with Crippen LogP contribution in [0.15, 0.2) is 0 Å². The van der Waals surface area contributed by atoms with Crippen LogP contribution in [0, 0.1) is 5.92 Å². The smallest absolute Gasteiger partial charge is 0.234 e. The monoisotopic (exact) mass is 318 g/mol. The van der Waals surface area contributed by atoms with Crippen LogP contribution in [0.2, 0.25) is 0 Å². The van der Waals surface area contributed by atoms with Crippen molar-refractivity contribution in [2.45, 2.75) is 44.2 Å². The molecule has 2 fully saturated rings. The van der Waals surface area contributed by atoms with Crippen molar-refractivity contribution in [3.63, 3.8) is 0 Å². The SMILES string of the molecule is CC(=O)N1CCC2(CC1)CC(C[C@H](N)C(N)=O)C(=O)N2.Cl. The topological polar surface area (TPSA) is 119 Å². The average Bonchev–Trinajstić information content (AvgIpc) is 2.66. The van der Waals surface area contributed by atoms with Gasteiger partial charge in [0.1, 0.15) is 0 Å². The molecule has 0 aliphatic carbocycles. The maximum Gasteiger partial charge on any atom is 0.234 e. The van der Waals surface area contributed by atoms with Gasteiger partial charge in [-0.3, -0.25) is 14.4 Å². The molecule has 2 aliphatic rings. The number of hydrogen-bond acceptors (Lipinski definition) is 4. The van der Waals surface area contributed by atoms with Gasteiger partial charge in [0.25, 0.3) is 0 Å². The third kappa shape index (κ3) is 3.85. The summed E-state index contributed by atoms with van der Waals surface area (Å²) in [6.07, 6.45) is 2.46. The first-order chi connectivity index (χ1) is 9.33. The van der Waals surface area contributed by atoms with Gasteiger partial charge in [-0.15, -0.1) is 12.4 Å². The number of primary amides is 1. The highest BCUT2D eigenvalue weighted by molar-refractivity contribution is 5.85. The molecule has 7 nitrogen and oxygen atoms in total. The van der Waals surface area contributed by atoms with Crippen molar-refractivity contribution >= 4 is 30.1 Å². The van der Waals surface area contributed by atoms with E-state index < -0.39 is 11.9 Å². The predicted molar refractivity (Wildman–Crippen MR) is 79.5 cm³/mol. The number of nitrogens with one attached hydrogen (secondary N) is 1. The summed E-state index contributed by atoms with van der Waals surface area (Å²) in [5, 5.41) is 3.04. The summed E-state index contributed by atoms with van der Waals surface area (Å²) in [6.45, 7) is 2.87. The van der Waals surface area contributed by atoms with Crippen LogP contribution < -0.4 is 16.8 Å². The number of carbonyl (C=O) groups is 3. The van der Waals surface area contributed by atoms with Gasteiger partial charge in [-0.05, 0) is 25.7 Å². The molecule has 2 heterocycles. The van der Waals surface area contributed by atoms with E-state index in [0.717, 1.165) is 12.8 Å². The van der Waals surface area contributed by atoms with Crippen LogP contribution in [-0.2, 0) is 14.4 Å². The van der Waals surface area contributed by atoms with E-state index in [0.29, 0.717) is 25.9 Å². The predicted octanol–water partition coefficient (Wildman–Crippen LogP) is -0.872. The molecule has 1 unspecified atom stereocenters. The van der Waals surface area contributed by atoms with Crippen LogP contribution in [0.3, 0.4) is 0 Å². The number of carbonyl (C=O) groups excluding carboxylic acids is 3. The Hall–Kier alpha value is -1.34. The molecule has 2 saturated heterocycles. The standard InChI is InChI=1S/C13H22N4O3.ClH/c1-8(18)17-4-2-13(3-5-17)7-9(12(20)16-13)6-10(14)11(15)19;/h9-10H,2-7,14H2,1H3,(H2,15,19)(H,16,20);1H/t9?,10-;/m0./s1. The van der Waals surface area contributed by atoms with Crippen LogP contribution in [0.1, 0.15) is 32.6 Å². The summed E-state index contributed by atoms with van der Waals surface area (Å²) >= 11 is 0. The first kappa shape index (κ1) is 17.7. The highest BCUT2D eigenvalue weighted by Crippen LogP contribution is 2.36. The maximum absolute atomic E-state index is 12.0. The lowest BCUT2D eigenvalue weighted by Gasteiger charge is -2.39. The van der Waals surface area contributed by atoms with Crippen LogP contribution in [0.4, 0.5) is 0 Å². The Balaban J connectivity index is 0.00000220. The van der Waals surface area contributed by atoms with E-state index in [-0.39, 0.29) is 35.7 Å². The number of likely N-dealkylation sites (tertiary alicyclic amines) is 1. The summed E-state index contributed by atoms with van der Waals surface area (Å²) < 4.78 is 0. The largest absolute Gasteiger partial charge is 0.368 e. The summed E-state index contributed by atoms with van der Waals surface area (Å²) in [6, 6.07) is -0.779. The summed E-state index contributed by atoms with van der Waals surface area (Å²) in [4.78, 5) is 36.1. The van der Waals surface area contributed by atoms with Crippen molar-refractivity contribution in [2.75, 3.05) is 13.1 Å². The number of halogens is 1. The zero-order chi connectivity index (χ0) is 14.9. The normalized spacial score (nSPS) is 25.1. The fraction of sp³-hybridized carbons (Fsp3) is 0.769. The first-order valence-electron chi connectivity index (χ1n) is 6.95. The number of piperidine rings is 1.